The normalized spacial score (nSPS) is 11.0. The van der Waals surface area contributed by atoms with Gasteiger partial charge >= 0.3 is 11.9 Å². The minimum Gasteiger partial charge on any atom is -0.466 e. The second kappa shape index (κ2) is 12.9. The summed E-state index contributed by atoms with van der Waals surface area (Å²) in [6, 6.07) is 13.1. The summed E-state index contributed by atoms with van der Waals surface area (Å²) in [6.07, 6.45) is 2.67. The number of amidine groups is 1. The third kappa shape index (κ3) is 7.88. The second-order valence-electron chi connectivity index (χ2n) is 7.62. The van der Waals surface area contributed by atoms with Gasteiger partial charge in [-0.15, -0.1) is 0 Å². The van der Waals surface area contributed by atoms with E-state index in [-0.39, 0.29) is 24.1 Å². The van der Waals surface area contributed by atoms with Gasteiger partial charge in [0.15, 0.2) is 0 Å². The summed E-state index contributed by atoms with van der Waals surface area (Å²) >= 11 is 0. The molecule has 8 nitrogen and oxygen atoms in total. The van der Waals surface area contributed by atoms with Crippen molar-refractivity contribution in [1.29, 1.82) is 5.41 Å². The fourth-order valence-corrected chi connectivity index (χ4v) is 3.19. The Labute approximate surface area is 199 Å². The third-order valence-electron chi connectivity index (χ3n) is 4.91. The van der Waals surface area contributed by atoms with Gasteiger partial charge in [0.05, 0.1) is 18.6 Å². The molecule has 1 amide bonds. The minimum absolute atomic E-state index is 0.0629. The third-order valence-corrected chi connectivity index (χ3v) is 4.91. The molecule has 0 saturated heterocycles. The highest BCUT2D eigenvalue weighted by Crippen LogP contribution is 2.16. The van der Waals surface area contributed by atoms with Crippen molar-refractivity contribution in [2.45, 2.75) is 33.6 Å². The fraction of sp³-hybridized carbons (Fsp3) is 0.308. The molecule has 0 heterocycles. The molecule has 180 valence electrons. The van der Waals surface area contributed by atoms with Crippen LogP contribution in [-0.4, -0.2) is 48.3 Å². The van der Waals surface area contributed by atoms with Crippen molar-refractivity contribution in [3.8, 4) is 5.75 Å². The first-order valence-electron chi connectivity index (χ1n) is 11.1. The lowest BCUT2D eigenvalue weighted by molar-refractivity contribution is -0.143. The molecule has 8 heteroatoms. The van der Waals surface area contributed by atoms with Crippen LogP contribution in [0.2, 0.25) is 0 Å². The van der Waals surface area contributed by atoms with Gasteiger partial charge in [-0.2, -0.15) is 0 Å². The van der Waals surface area contributed by atoms with Gasteiger partial charge in [0.1, 0.15) is 11.6 Å². The highest BCUT2D eigenvalue weighted by Gasteiger charge is 2.16. The number of carbonyl (C=O) groups is 3. The van der Waals surface area contributed by atoms with Crippen LogP contribution < -0.4 is 10.5 Å². The summed E-state index contributed by atoms with van der Waals surface area (Å²) in [4.78, 5) is 38.6. The molecular formula is C26H31N3O5. The number of esters is 2. The van der Waals surface area contributed by atoms with Crippen molar-refractivity contribution in [3.05, 3.63) is 70.8 Å². The van der Waals surface area contributed by atoms with E-state index < -0.39 is 5.97 Å². The predicted octanol–water partition coefficient (Wildman–Crippen LogP) is 3.78. The topological polar surface area (TPSA) is 123 Å². The van der Waals surface area contributed by atoms with Gasteiger partial charge in [0.25, 0.3) is 0 Å². The van der Waals surface area contributed by atoms with E-state index >= 15 is 0 Å². The van der Waals surface area contributed by atoms with Crippen LogP contribution in [0, 0.1) is 5.41 Å². The zero-order valence-corrected chi connectivity index (χ0v) is 19.8. The molecule has 2 aromatic carbocycles. The molecule has 0 aliphatic heterocycles. The predicted molar refractivity (Wildman–Crippen MR) is 131 cm³/mol. The van der Waals surface area contributed by atoms with Crippen LogP contribution in [0.25, 0.3) is 6.08 Å². The largest absolute Gasteiger partial charge is 0.466 e. The number of nitrogens with zero attached hydrogens (tertiary/aromatic N) is 1. The Morgan fingerprint density at radius 1 is 0.971 bits per heavy atom. The first-order chi connectivity index (χ1) is 16.2. The maximum absolute atomic E-state index is 12.9. The van der Waals surface area contributed by atoms with Gasteiger partial charge in [-0.1, -0.05) is 19.1 Å². The Morgan fingerprint density at radius 2 is 1.59 bits per heavy atom. The van der Waals surface area contributed by atoms with E-state index in [0.717, 1.165) is 12.0 Å². The zero-order chi connectivity index (χ0) is 25.1. The minimum atomic E-state index is -0.521. The molecule has 0 bridgehead atoms. The van der Waals surface area contributed by atoms with Gasteiger partial charge in [0.2, 0.25) is 5.91 Å². The van der Waals surface area contributed by atoms with Crippen molar-refractivity contribution >= 4 is 29.8 Å². The Balaban J connectivity index is 2.03. The van der Waals surface area contributed by atoms with E-state index in [1.165, 1.54) is 0 Å². The smallest absolute Gasteiger partial charge is 0.343 e. The molecule has 3 N–H and O–H groups in total. The SMILES string of the molecule is CCCN(CCC(=O)OCC)C(=O)C(C)=Cc1ccc(C(=O)Oc2ccc(C(=N)N)cc2)cc1. The first-order valence-corrected chi connectivity index (χ1v) is 11.1. The lowest BCUT2D eigenvalue weighted by atomic mass is 10.1. The van der Waals surface area contributed by atoms with Crippen molar-refractivity contribution in [2.75, 3.05) is 19.7 Å². The molecule has 0 unspecified atom stereocenters. The number of rotatable bonds is 11. The Morgan fingerprint density at radius 3 is 2.15 bits per heavy atom. The molecule has 0 radical (unpaired) electrons. The molecule has 0 spiro atoms. The number of nitrogens with two attached hydrogens (primary N) is 1. The van der Waals surface area contributed by atoms with Crippen molar-refractivity contribution in [1.82, 2.24) is 4.90 Å². The van der Waals surface area contributed by atoms with Crippen molar-refractivity contribution in [3.63, 3.8) is 0 Å². The van der Waals surface area contributed by atoms with E-state index in [9.17, 15) is 14.4 Å². The Kier molecular flexibility index (Phi) is 10.0. The van der Waals surface area contributed by atoms with Crippen LogP contribution >= 0.6 is 0 Å². The number of nitrogen functional groups attached to an aromatic ring is 1. The first kappa shape index (κ1) is 26.3. The zero-order valence-electron chi connectivity index (χ0n) is 19.8. The molecule has 34 heavy (non-hydrogen) atoms. The lowest BCUT2D eigenvalue weighted by Crippen LogP contribution is -2.34. The molecule has 0 aliphatic carbocycles. The average molecular weight is 466 g/mol. The highest BCUT2D eigenvalue weighted by atomic mass is 16.5. The number of nitrogens with one attached hydrogen (secondary N) is 1. The van der Waals surface area contributed by atoms with Gasteiger partial charge in [0, 0.05) is 24.2 Å². The molecule has 0 saturated carbocycles. The molecule has 0 aromatic heterocycles. The van der Waals surface area contributed by atoms with Crippen molar-refractivity contribution < 1.29 is 23.9 Å². The Bertz CT molecular complexity index is 1040. The summed E-state index contributed by atoms with van der Waals surface area (Å²) in [6.45, 7) is 6.60. The molecule has 2 aromatic rings. The van der Waals surface area contributed by atoms with E-state index in [0.29, 0.717) is 42.1 Å². The quantitative estimate of drug-likeness (QED) is 0.171. The van der Waals surface area contributed by atoms with Crippen LogP contribution in [0.4, 0.5) is 0 Å². The second-order valence-corrected chi connectivity index (χ2v) is 7.62. The maximum Gasteiger partial charge on any atom is 0.343 e. The summed E-state index contributed by atoms with van der Waals surface area (Å²) in [7, 11) is 0. The van der Waals surface area contributed by atoms with Crippen LogP contribution in [0.5, 0.6) is 5.75 Å². The van der Waals surface area contributed by atoms with Crippen LogP contribution in [0.15, 0.2) is 54.1 Å². The van der Waals surface area contributed by atoms with Gasteiger partial charge in [-0.05, 0) is 68.3 Å². The summed E-state index contributed by atoms with van der Waals surface area (Å²) < 4.78 is 10.3. The highest BCUT2D eigenvalue weighted by molar-refractivity contribution is 5.98. The fourth-order valence-electron chi connectivity index (χ4n) is 3.19. The number of hydrogen-bond donors (Lipinski definition) is 2. The van der Waals surface area contributed by atoms with Crippen molar-refractivity contribution in [2.24, 2.45) is 5.73 Å². The molecular weight excluding hydrogens is 434 g/mol. The van der Waals surface area contributed by atoms with E-state index in [4.69, 9.17) is 20.6 Å². The molecule has 2 rings (SSSR count). The number of amides is 1. The van der Waals surface area contributed by atoms with E-state index in [2.05, 4.69) is 0 Å². The average Bonchev–Trinajstić information content (AvgIpc) is 2.82. The summed E-state index contributed by atoms with van der Waals surface area (Å²) in [5.41, 5.74) is 7.61. The lowest BCUT2D eigenvalue weighted by Gasteiger charge is -2.22. The van der Waals surface area contributed by atoms with Crippen LogP contribution in [0.1, 0.15) is 55.1 Å². The number of hydrogen-bond acceptors (Lipinski definition) is 6. The number of ether oxygens (including phenoxy) is 2. The van der Waals surface area contributed by atoms with Gasteiger partial charge < -0.3 is 20.1 Å². The molecule has 0 atom stereocenters. The summed E-state index contributed by atoms with van der Waals surface area (Å²) in [5, 5.41) is 7.40. The molecule has 0 aliphatic rings. The summed E-state index contributed by atoms with van der Waals surface area (Å²) in [5.74, 6) is -0.711. The van der Waals surface area contributed by atoms with Crippen LogP contribution in [-0.2, 0) is 14.3 Å². The van der Waals surface area contributed by atoms with Crippen LogP contribution in [0.3, 0.4) is 0 Å². The van der Waals surface area contributed by atoms with E-state index in [1.807, 2.05) is 6.92 Å². The number of carbonyl (C=O) groups excluding carboxylic acids is 3. The maximum atomic E-state index is 12.9. The van der Waals surface area contributed by atoms with E-state index in [1.54, 1.807) is 73.4 Å². The number of benzene rings is 2. The standard InChI is InChI=1S/C26H31N3O5/c1-4-15-29(16-14-23(30)33-5-2)25(31)18(3)17-19-6-8-21(9-7-19)26(32)34-22-12-10-20(11-13-22)24(27)28/h6-13,17H,4-5,14-16H2,1-3H3,(H3,27,28). The van der Waals surface area contributed by atoms with Gasteiger partial charge in [-0.3, -0.25) is 15.0 Å². The Hall–Kier alpha value is -3.94. The van der Waals surface area contributed by atoms with Gasteiger partial charge in [-0.25, -0.2) is 4.79 Å². The molecule has 0 fully saturated rings. The monoisotopic (exact) mass is 465 g/mol.